The van der Waals surface area contributed by atoms with Crippen LogP contribution in [-0.4, -0.2) is 53.0 Å². The zero-order chi connectivity index (χ0) is 17.8. The van der Waals surface area contributed by atoms with Crippen molar-refractivity contribution in [3.63, 3.8) is 0 Å². The highest BCUT2D eigenvalue weighted by molar-refractivity contribution is 6.35. The van der Waals surface area contributed by atoms with Crippen LogP contribution < -0.4 is 10.2 Å². The van der Waals surface area contributed by atoms with E-state index in [1.807, 2.05) is 6.92 Å². The van der Waals surface area contributed by atoms with Crippen molar-refractivity contribution in [2.24, 2.45) is 0 Å². The summed E-state index contributed by atoms with van der Waals surface area (Å²) in [5.74, 6) is 0.649. The molecule has 1 amide bonds. The van der Waals surface area contributed by atoms with Crippen molar-refractivity contribution in [3.05, 3.63) is 46.7 Å². The van der Waals surface area contributed by atoms with E-state index in [4.69, 9.17) is 23.2 Å². The predicted octanol–water partition coefficient (Wildman–Crippen LogP) is 2.93. The molecule has 3 rings (SSSR count). The van der Waals surface area contributed by atoms with Crippen molar-refractivity contribution in [1.82, 2.24) is 14.9 Å². The van der Waals surface area contributed by atoms with E-state index in [1.54, 1.807) is 36.7 Å². The third kappa shape index (κ3) is 4.60. The van der Waals surface area contributed by atoms with Gasteiger partial charge < -0.3 is 10.2 Å². The molecule has 1 aliphatic rings. The van der Waals surface area contributed by atoms with Crippen molar-refractivity contribution in [1.29, 1.82) is 0 Å². The van der Waals surface area contributed by atoms with Crippen LogP contribution in [0.4, 0.5) is 11.6 Å². The van der Waals surface area contributed by atoms with Gasteiger partial charge in [0.15, 0.2) is 0 Å². The fourth-order valence-corrected chi connectivity index (χ4v) is 3.33. The first kappa shape index (κ1) is 17.9. The summed E-state index contributed by atoms with van der Waals surface area (Å²) >= 11 is 11.9. The number of carbonyl (C=O) groups is 1. The van der Waals surface area contributed by atoms with Crippen LogP contribution in [0.2, 0.25) is 10.0 Å². The third-order valence-corrected chi connectivity index (χ3v) is 4.64. The van der Waals surface area contributed by atoms with Gasteiger partial charge in [0.05, 0.1) is 6.04 Å². The van der Waals surface area contributed by atoms with Gasteiger partial charge >= 0.3 is 0 Å². The van der Waals surface area contributed by atoms with E-state index in [2.05, 4.69) is 25.1 Å². The van der Waals surface area contributed by atoms with Crippen LogP contribution in [0.25, 0.3) is 0 Å². The number of hydrogen-bond acceptors (Lipinski definition) is 5. The number of rotatable bonds is 4. The Labute approximate surface area is 156 Å². The van der Waals surface area contributed by atoms with Crippen LogP contribution in [0.1, 0.15) is 6.92 Å². The van der Waals surface area contributed by atoms with Gasteiger partial charge in [-0.1, -0.05) is 23.2 Å². The normalized spacial score (nSPS) is 16.5. The van der Waals surface area contributed by atoms with E-state index < -0.39 is 0 Å². The number of carbonyl (C=O) groups excluding carboxylic acids is 1. The molecular weight excluding hydrogens is 361 g/mol. The summed E-state index contributed by atoms with van der Waals surface area (Å²) in [6.07, 6.45) is 3.47. The van der Waals surface area contributed by atoms with Gasteiger partial charge in [0, 0.05) is 54.3 Å². The second-order valence-corrected chi connectivity index (χ2v) is 6.77. The number of piperazine rings is 1. The molecule has 6 nitrogen and oxygen atoms in total. The Balaban J connectivity index is 1.56. The van der Waals surface area contributed by atoms with Gasteiger partial charge in [0.2, 0.25) is 11.9 Å². The quantitative estimate of drug-likeness (QED) is 0.884. The van der Waals surface area contributed by atoms with Gasteiger partial charge in [-0.2, -0.15) is 0 Å². The topological polar surface area (TPSA) is 61.4 Å². The molecule has 1 atom stereocenters. The van der Waals surface area contributed by atoms with Crippen LogP contribution >= 0.6 is 23.2 Å². The molecule has 0 spiro atoms. The molecule has 1 N–H and O–H groups in total. The summed E-state index contributed by atoms with van der Waals surface area (Å²) in [6.45, 7) is 5.00. The molecule has 1 fully saturated rings. The standard InChI is InChI=1S/C17H19Cl2N5O/c1-12(16(25)22-15-10-13(18)9-14(19)11-15)23-5-7-24(8-6-23)17-20-3-2-4-21-17/h2-4,9-12H,5-8H2,1H3,(H,22,25)/t12-/m1/s1. The minimum Gasteiger partial charge on any atom is -0.338 e. The Morgan fingerprint density at radius 2 is 1.68 bits per heavy atom. The minimum atomic E-state index is -0.253. The Hall–Kier alpha value is -1.89. The summed E-state index contributed by atoms with van der Waals surface area (Å²) in [4.78, 5) is 25.3. The maximum atomic E-state index is 12.5. The molecule has 2 aromatic rings. The van der Waals surface area contributed by atoms with Gasteiger partial charge in [-0.3, -0.25) is 9.69 Å². The minimum absolute atomic E-state index is 0.0808. The lowest BCUT2D eigenvalue weighted by Crippen LogP contribution is -2.53. The monoisotopic (exact) mass is 379 g/mol. The molecule has 0 radical (unpaired) electrons. The number of nitrogens with one attached hydrogen (secondary N) is 1. The number of amides is 1. The van der Waals surface area contributed by atoms with Gasteiger partial charge in [-0.15, -0.1) is 0 Å². The number of nitrogens with zero attached hydrogens (tertiary/aromatic N) is 4. The maximum Gasteiger partial charge on any atom is 0.241 e. The average Bonchev–Trinajstić information content (AvgIpc) is 2.61. The van der Waals surface area contributed by atoms with Crippen LogP contribution in [0.15, 0.2) is 36.7 Å². The van der Waals surface area contributed by atoms with E-state index in [9.17, 15) is 4.79 Å². The van der Waals surface area contributed by atoms with Gasteiger partial charge in [-0.05, 0) is 31.2 Å². The molecule has 1 aromatic carbocycles. The Bertz CT molecular complexity index is 715. The molecular formula is C17H19Cl2N5O. The molecule has 0 aliphatic carbocycles. The van der Waals surface area contributed by atoms with Crippen LogP contribution in [0, 0.1) is 0 Å². The largest absolute Gasteiger partial charge is 0.338 e. The van der Waals surface area contributed by atoms with E-state index in [0.717, 1.165) is 32.1 Å². The smallest absolute Gasteiger partial charge is 0.241 e. The molecule has 1 aromatic heterocycles. The third-order valence-electron chi connectivity index (χ3n) is 4.21. The highest BCUT2D eigenvalue weighted by Gasteiger charge is 2.26. The molecule has 1 saturated heterocycles. The molecule has 0 saturated carbocycles. The molecule has 8 heteroatoms. The first-order chi connectivity index (χ1) is 12.0. The lowest BCUT2D eigenvalue weighted by atomic mass is 10.2. The lowest BCUT2D eigenvalue weighted by Gasteiger charge is -2.37. The Morgan fingerprint density at radius 3 is 2.28 bits per heavy atom. The average molecular weight is 380 g/mol. The second kappa shape index (κ2) is 7.99. The highest BCUT2D eigenvalue weighted by atomic mass is 35.5. The number of halogens is 2. The highest BCUT2D eigenvalue weighted by Crippen LogP contribution is 2.23. The zero-order valence-corrected chi connectivity index (χ0v) is 15.3. The molecule has 132 valence electrons. The molecule has 2 heterocycles. The number of anilines is 2. The second-order valence-electron chi connectivity index (χ2n) is 5.90. The van der Waals surface area contributed by atoms with Crippen molar-refractivity contribution >= 4 is 40.7 Å². The van der Waals surface area contributed by atoms with Gasteiger partial charge in [-0.25, -0.2) is 9.97 Å². The lowest BCUT2D eigenvalue weighted by molar-refractivity contribution is -0.120. The Morgan fingerprint density at radius 1 is 1.08 bits per heavy atom. The Kier molecular flexibility index (Phi) is 5.73. The SMILES string of the molecule is C[C@H](C(=O)Nc1cc(Cl)cc(Cl)c1)N1CCN(c2ncccn2)CC1. The molecule has 25 heavy (non-hydrogen) atoms. The zero-order valence-electron chi connectivity index (χ0n) is 13.8. The van der Waals surface area contributed by atoms with Crippen LogP contribution in [-0.2, 0) is 4.79 Å². The van der Waals surface area contributed by atoms with Crippen LogP contribution in [0.3, 0.4) is 0 Å². The fourth-order valence-electron chi connectivity index (χ4n) is 2.80. The predicted molar refractivity (Wildman–Crippen MR) is 100 cm³/mol. The van der Waals surface area contributed by atoms with E-state index >= 15 is 0 Å². The molecule has 0 unspecified atom stereocenters. The van der Waals surface area contributed by atoms with E-state index in [-0.39, 0.29) is 11.9 Å². The van der Waals surface area contributed by atoms with Crippen molar-refractivity contribution in [3.8, 4) is 0 Å². The first-order valence-corrected chi connectivity index (χ1v) is 8.81. The van der Waals surface area contributed by atoms with Crippen molar-refractivity contribution in [2.45, 2.75) is 13.0 Å². The van der Waals surface area contributed by atoms with Gasteiger partial charge in [0.25, 0.3) is 0 Å². The number of aromatic nitrogens is 2. The van der Waals surface area contributed by atoms with Crippen molar-refractivity contribution in [2.75, 3.05) is 36.4 Å². The molecule has 0 bridgehead atoms. The summed E-state index contributed by atoms with van der Waals surface area (Å²) in [6, 6.07) is 6.55. The fraction of sp³-hybridized carbons (Fsp3) is 0.353. The summed E-state index contributed by atoms with van der Waals surface area (Å²) in [5, 5.41) is 3.86. The summed E-state index contributed by atoms with van der Waals surface area (Å²) in [5.41, 5.74) is 0.602. The van der Waals surface area contributed by atoms with Gasteiger partial charge in [0.1, 0.15) is 0 Å². The number of benzene rings is 1. The molecule has 1 aliphatic heterocycles. The first-order valence-electron chi connectivity index (χ1n) is 8.06. The summed E-state index contributed by atoms with van der Waals surface area (Å²) in [7, 11) is 0. The van der Waals surface area contributed by atoms with E-state index in [0.29, 0.717) is 15.7 Å². The maximum absolute atomic E-state index is 12.5. The van der Waals surface area contributed by atoms with Crippen LogP contribution in [0.5, 0.6) is 0 Å². The van der Waals surface area contributed by atoms with Crippen molar-refractivity contribution < 1.29 is 4.79 Å². The number of hydrogen-bond donors (Lipinski definition) is 1. The summed E-state index contributed by atoms with van der Waals surface area (Å²) < 4.78 is 0. The van der Waals surface area contributed by atoms with E-state index in [1.165, 1.54) is 0 Å².